The van der Waals surface area contributed by atoms with Crippen LogP contribution in [0.2, 0.25) is 0 Å². The summed E-state index contributed by atoms with van der Waals surface area (Å²) < 4.78 is 0.179. The van der Waals surface area contributed by atoms with Crippen molar-refractivity contribution in [2.24, 2.45) is 0 Å². The molecule has 1 N–H and O–H groups in total. The van der Waals surface area contributed by atoms with Crippen LogP contribution in [0.25, 0.3) is 0 Å². The number of carbonyl (C=O) groups excluding carboxylic acids is 1. The Labute approximate surface area is 116 Å². The van der Waals surface area contributed by atoms with E-state index in [2.05, 4.69) is 26.1 Å². The zero-order chi connectivity index (χ0) is 14.5. The largest absolute Gasteiger partial charge is 0.351 e. The van der Waals surface area contributed by atoms with E-state index in [0.717, 1.165) is 5.75 Å². The number of amides is 1. The number of carbonyl (C=O) groups is 1. The summed E-state index contributed by atoms with van der Waals surface area (Å²) in [6.45, 7) is 6.94. The second-order valence-electron chi connectivity index (χ2n) is 5.02. The minimum atomic E-state index is -0.484. The molecule has 0 atom stereocenters. The van der Waals surface area contributed by atoms with Gasteiger partial charge in [-0.25, -0.2) is 0 Å². The fourth-order valence-electron chi connectivity index (χ4n) is 1.36. The van der Waals surface area contributed by atoms with Gasteiger partial charge in [-0.2, -0.15) is 11.8 Å². The molecule has 1 rings (SSSR count). The Morgan fingerprint density at radius 3 is 2.37 bits per heavy atom. The van der Waals surface area contributed by atoms with Crippen LogP contribution in [-0.4, -0.2) is 27.9 Å². The SMILES string of the molecule is CC(C)(C)SCCNC(=O)c1ccc([N+](=O)[O-])cc1. The molecule has 0 heterocycles. The van der Waals surface area contributed by atoms with Gasteiger partial charge < -0.3 is 5.32 Å². The summed E-state index contributed by atoms with van der Waals surface area (Å²) in [7, 11) is 0. The Hall–Kier alpha value is -1.56. The van der Waals surface area contributed by atoms with Gasteiger partial charge in [-0.15, -0.1) is 0 Å². The van der Waals surface area contributed by atoms with Crippen molar-refractivity contribution in [1.29, 1.82) is 0 Å². The molecule has 0 spiro atoms. The molecule has 1 aromatic rings. The molecule has 6 heteroatoms. The van der Waals surface area contributed by atoms with Gasteiger partial charge in [0.1, 0.15) is 0 Å². The van der Waals surface area contributed by atoms with Crippen LogP contribution in [0.4, 0.5) is 5.69 Å². The molecular weight excluding hydrogens is 264 g/mol. The lowest BCUT2D eigenvalue weighted by atomic mass is 10.2. The van der Waals surface area contributed by atoms with Crippen molar-refractivity contribution in [1.82, 2.24) is 5.32 Å². The maximum Gasteiger partial charge on any atom is 0.269 e. The summed E-state index contributed by atoms with van der Waals surface area (Å²) in [4.78, 5) is 21.8. The molecule has 104 valence electrons. The lowest BCUT2D eigenvalue weighted by Crippen LogP contribution is -2.26. The number of nitro groups is 1. The zero-order valence-electron chi connectivity index (χ0n) is 11.3. The monoisotopic (exact) mass is 282 g/mol. The third-order valence-electron chi connectivity index (χ3n) is 2.26. The third kappa shape index (κ3) is 5.74. The molecule has 0 saturated heterocycles. The standard InChI is InChI=1S/C13H18N2O3S/c1-13(2,3)19-9-8-14-12(16)10-4-6-11(7-5-10)15(17)18/h4-7H,8-9H2,1-3H3,(H,14,16). The Bertz CT molecular complexity index is 452. The molecular formula is C13H18N2O3S. The highest BCUT2D eigenvalue weighted by Gasteiger charge is 2.11. The number of nitrogens with one attached hydrogen (secondary N) is 1. The van der Waals surface area contributed by atoms with E-state index in [1.54, 1.807) is 11.8 Å². The van der Waals surface area contributed by atoms with Crippen molar-refractivity contribution in [3.05, 3.63) is 39.9 Å². The quantitative estimate of drug-likeness (QED) is 0.512. The lowest BCUT2D eigenvalue weighted by molar-refractivity contribution is -0.384. The molecule has 1 aromatic carbocycles. The highest BCUT2D eigenvalue weighted by Crippen LogP contribution is 2.22. The third-order valence-corrected chi connectivity index (χ3v) is 3.54. The number of hydrogen-bond acceptors (Lipinski definition) is 4. The summed E-state index contributed by atoms with van der Waals surface area (Å²) >= 11 is 1.77. The number of nitrogens with zero attached hydrogens (tertiary/aromatic N) is 1. The summed E-state index contributed by atoms with van der Waals surface area (Å²) in [5.74, 6) is 0.631. The van der Waals surface area contributed by atoms with Crippen LogP contribution >= 0.6 is 11.8 Å². The number of non-ortho nitro benzene ring substituents is 1. The molecule has 0 saturated carbocycles. The molecule has 0 aliphatic heterocycles. The highest BCUT2D eigenvalue weighted by atomic mass is 32.2. The molecule has 1 amide bonds. The van der Waals surface area contributed by atoms with E-state index in [9.17, 15) is 14.9 Å². The number of nitro benzene ring substituents is 1. The fraction of sp³-hybridized carbons (Fsp3) is 0.462. The van der Waals surface area contributed by atoms with Crippen LogP contribution in [0.3, 0.4) is 0 Å². The van der Waals surface area contributed by atoms with Crippen molar-refractivity contribution < 1.29 is 9.72 Å². The van der Waals surface area contributed by atoms with Gasteiger partial charge >= 0.3 is 0 Å². The second kappa shape index (κ2) is 6.56. The number of rotatable bonds is 5. The van der Waals surface area contributed by atoms with Crippen LogP contribution in [0.1, 0.15) is 31.1 Å². The first-order chi connectivity index (χ1) is 8.79. The first kappa shape index (κ1) is 15.5. The molecule has 0 unspecified atom stereocenters. The molecule has 0 aliphatic carbocycles. The number of hydrogen-bond donors (Lipinski definition) is 1. The number of benzene rings is 1. The van der Waals surface area contributed by atoms with E-state index in [4.69, 9.17) is 0 Å². The minimum absolute atomic E-state index is 0.0140. The fourth-order valence-corrected chi connectivity index (χ4v) is 2.17. The van der Waals surface area contributed by atoms with Gasteiger partial charge in [0.25, 0.3) is 11.6 Å². The first-order valence-corrected chi connectivity index (χ1v) is 6.95. The molecule has 5 nitrogen and oxygen atoms in total. The van der Waals surface area contributed by atoms with E-state index in [0.29, 0.717) is 12.1 Å². The average molecular weight is 282 g/mol. The van der Waals surface area contributed by atoms with Crippen molar-refractivity contribution in [2.45, 2.75) is 25.5 Å². The van der Waals surface area contributed by atoms with Crippen molar-refractivity contribution in [2.75, 3.05) is 12.3 Å². The maximum absolute atomic E-state index is 11.8. The smallest absolute Gasteiger partial charge is 0.269 e. The lowest BCUT2D eigenvalue weighted by Gasteiger charge is -2.17. The van der Waals surface area contributed by atoms with Gasteiger partial charge in [0.15, 0.2) is 0 Å². The van der Waals surface area contributed by atoms with Crippen molar-refractivity contribution in [3.63, 3.8) is 0 Å². The predicted octanol–water partition coefficient (Wildman–Crippen LogP) is 2.86. The van der Waals surface area contributed by atoms with E-state index >= 15 is 0 Å². The van der Waals surface area contributed by atoms with Gasteiger partial charge in [0.05, 0.1) is 4.92 Å². The van der Waals surface area contributed by atoms with Crippen LogP contribution in [0.15, 0.2) is 24.3 Å². The van der Waals surface area contributed by atoms with Crippen LogP contribution < -0.4 is 5.32 Å². The second-order valence-corrected chi connectivity index (χ2v) is 6.94. The van der Waals surface area contributed by atoms with E-state index in [-0.39, 0.29) is 16.3 Å². The topological polar surface area (TPSA) is 72.2 Å². The number of thioether (sulfide) groups is 1. The van der Waals surface area contributed by atoms with Gasteiger partial charge in [-0.1, -0.05) is 20.8 Å². The predicted molar refractivity (Wildman–Crippen MR) is 77.6 cm³/mol. The molecule has 0 radical (unpaired) electrons. The molecule has 0 fully saturated rings. The van der Waals surface area contributed by atoms with Gasteiger partial charge in [-0.05, 0) is 12.1 Å². The van der Waals surface area contributed by atoms with Crippen molar-refractivity contribution in [3.8, 4) is 0 Å². The van der Waals surface area contributed by atoms with Crippen LogP contribution in [0.5, 0.6) is 0 Å². The maximum atomic E-state index is 11.8. The summed E-state index contributed by atoms with van der Waals surface area (Å²) in [6.07, 6.45) is 0. The highest BCUT2D eigenvalue weighted by molar-refractivity contribution is 8.00. The normalized spacial score (nSPS) is 11.1. The zero-order valence-corrected chi connectivity index (χ0v) is 12.1. The van der Waals surface area contributed by atoms with E-state index in [1.165, 1.54) is 24.3 Å². The Morgan fingerprint density at radius 1 is 1.32 bits per heavy atom. The van der Waals surface area contributed by atoms with E-state index in [1.807, 2.05) is 0 Å². The van der Waals surface area contributed by atoms with Gasteiger partial charge in [0, 0.05) is 34.7 Å². The van der Waals surface area contributed by atoms with Gasteiger partial charge in [0.2, 0.25) is 0 Å². The summed E-state index contributed by atoms with van der Waals surface area (Å²) in [5, 5.41) is 13.3. The summed E-state index contributed by atoms with van der Waals surface area (Å²) in [5.41, 5.74) is 0.422. The average Bonchev–Trinajstić information content (AvgIpc) is 2.33. The summed E-state index contributed by atoms with van der Waals surface area (Å²) in [6, 6.07) is 5.59. The molecule has 0 aliphatic rings. The van der Waals surface area contributed by atoms with E-state index < -0.39 is 4.92 Å². The Kier molecular flexibility index (Phi) is 5.35. The van der Waals surface area contributed by atoms with Crippen molar-refractivity contribution >= 4 is 23.4 Å². The molecule has 19 heavy (non-hydrogen) atoms. The molecule has 0 bridgehead atoms. The Balaban J connectivity index is 2.43. The minimum Gasteiger partial charge on any atom is -0.351 e. The van der Waals surface area contributed by atoms with Crippen LogP contribution in [0, 0.1) is 10.1 Å². The first-order valence-electron chi connectivity index (χ1n) is 5.96. The molecule has 0 aromatic heterocycles. The Morgan fingerprint density at radius 2 is 1.89 bits per heavy atom. The van der Waals surface area contributed by atoms with Crippen LogP contribution in [-0.2, 0) is 0 Å². The van der Waals surface area contributed by atoms with Gasteiger partial charge in [-0.3, -0.25) is 14.9 Å².